The molecule has 1 saturated heterocycles. The number of rotatable bonds is 6. The Labute approximate surface area is 158 Å². The predicted molar refractivity (Wildman–Crippen MR) is 104 cm³/mol. The van der Waals surface area contributed by atoms with Crippen molar-refractivity contribution in [2.75, 3.05) is 32.7 Å². The number of carbonyl (C=O) groups excluding carboxylic acids is 2. The number of benzene rings is 1. The first-order chi connectivity index (χ1) is 12.6. The van der Waals surface area contributed by atoms with Crippen LogP contribution in [0.25, 0.3) is 0 Å². The van der Waals surface area contributed by atoms with Crippen LogP contribution < -0.4 is 5.32 Å². The normalized spacial score (nSPS) is 15.0. The van der Waals surface area contributed by atoms with E-state index in [1.165, 1.54) is 22.5 Å². The van der Waals surface area contributed by atoms with Gasteiger partial charge in [-0.2, -0.15) is 11.3 Å². The van der Waals surface area contributed by atoms with Gasteiger partial charge in [0.1, 0.15) is 0 Å². The molecule has 1 aromatic carbocycles. The van der Waals surface area contributed by atoms with Crippen LogP contribution in [-0.4, -0.2) is 54.3 Å². The summed E-state index contributed by atoms with van der Waals surface area (Å²) >= 11 is 1.49. The van der Waals surface area contributed by atoms with Crippen molar-refractivity contribution >= 4 is 23.2 Å². The van der Waals surface area contributed by atoms with Gasteiger partial charge in [-0.1, -0.05) is 24.3 Å². The summed E-state index contributed by atoms with van der Waals surface area (Å²) in [6.45, 7) is 6.75. The minimum absolute atomic E-state index is 0.109. The maximum Gasteiger partial charge on any atom is 0.252 e. The first kappa shape index (κ1) is 18.6. The number of nitrogens with one attached hydrogen (secondary N) is 1. The summed E-state index contributed by atoms with van der Waals surface area (Å²) in [6, 6.07) is 10.2. The van der Waals surface area contributed by atoms with Crippen molar-refractivity contribution in [2.24, 2.45) is 0 Å². The molecule has 0 radical (unpaired) electrons. The third kappa shape index (κ3) is 4.93. The van der Waals surface area contributed by atoms with E-state index in [-0.39, 0.29) is 11.8 Å². The van der Waals surface area contributed by atoms with Gasteiger partial charge in [-0.3, -0.25) is 14.5 Å². The predicted octanol–water partition coefficient (Wildman–Crippen LogP) is 2.52. The zero-order valence-electron chi connectivity index (χ0n) is 15.1. The van der Waals surface area contributed by atoms with E-state index in [4.69, 9.17) is 0 Å². The molecule has 0 spiro atoms. The maximum atomic E-state index is 12.3. The van der Waals surface area contributed by atoms with Crippen LogP contribution in [0.3, 0.4) is 0 Å². The van der Waals surface area contributed by atoms with E-state index in [9.17, 15) is 9.59 Å². The third-order valence-corrected chi connectivity index (χ3v) is 5.47. The van der Waals surface area contributed by atoms with Gasteiger partial charge in [0.25, 0.3) is 5.91 Å². The quantitative estimate of drug-likeness (QED) is 0.849. The van der Waals surface area contributed by atoms with Crippen LogP contribution >= 0.6 is 11.3 Å². The van der Waals surface area contributed by atoms with Crippen LogP contribution in [0.5, 0.6) is 0 Å². The van der Waals surface area contributed by atoms with Gasteiger partial charge in [-0.15, -0.1) is 0 Å². The van der Waals surface area contributed by atoms with Crippen molar-refractivity contribution in [3.63, 3.8) is 0 Å². The first-order valence-corrected chi connectivity index (χ1v) is 9.93. The average molecular weight is 372 g/mol. The number of piperazine rings is 1. The van der Waals surface area contributed by atoms with Crippen LogP contribution in [0.4, 0.5) is 0 Å². The van der Waals surface area contributed by atoms with Crippen molar-refractivity contribution in [3.8, 4) is 0 Å². The molecule has 2 aromatic rings. The van der Waals surface area contributed by atoms with Crippen molar-refractivity contribution in [1.29, 1.82) is 0 Å². The lowest BCUT2D eigenvalue weighted by Crippen LogP contribution is -2.48. The molecule has 1 aliphatic heterocycles. The highest BCUT2D eigenvalue weighted by Crippen LogP contribution is 2.13. The fourth-order valence-corrected chi connectivity index (χ4v) is 3.76. The van der Waals surface area contributed by atoms with Gasteiger partial charge in [0.2, 0.25) is 5.91 Å². The summed E-state index contributed by atoms with van der Waals surface area (Å²) in [5.74, 6) is 0.00765. The molecule has 1 N–H and O–H groups in total. The second-order valence-electron chi connectivity index (χ2n) is 6.60. The topological polar surface area (TPSA) is 52.6 Å². The lowest BCUT2D eigenvalue weighted by molar-refractivity contribution is -0.132. The summed E-state index contributed by atoms with van der Waals surface area (Å²) in [5.41, 5.74) is 3.32. The van der Waals surface area contributed by atoms with E-state index in [1.807, 2.05) is 15.7 Å². The fourth-order valence-electron chi connectivity index (χ4n) is 3.12. The number of thiophene rings is 1. The van der Waals surface area contributed by atoms with Crippen molar-refractivity contribution in [3.05, 3.63) is 57.8 Å². The number of nitrogens with zero attached hydrogens (tertiary/aromatic N) is 2. The van der Waals surface area contributed by atoms with Crippen LogP contribution in [0.15, 0.2) is 41.1 Å². The highest BCUT2D eigenvalue weighted by molar-refractivity contribution is 7.08. The lowest BCUT2D eigenvalue weighted by atomic mass is 10.1. The standard InChI is InChI=1S/C20H25N3O2S/c1-16-4-2-3-5-17(16)14-22-9-11-23(12-10-22)19(24)6-8-21-20(25)18-7-13-26-15-18/h2-5,7,13,15H,6,8-12,14H2,1H3,(H,21,25). The first-order valence-electron chi connectivity index (χ1n) is 8.98. The maximum absolute atomic E-state index is 12.3. The van der Waals surface area contributed by atoms with Gasteiger partial charge in [0.05, 0.1) is 0 Å². The highest BCUT2D eigenvalue weighted by Gasteiger charge is 2.21. The molecule has 0 atom stereocenters. The molecule has 1 aliphatic rings. The summed E-state index contributed by atoms with van der Waals surface area (Å²) < 4.78 is 0. The zero-order chi connectivity index (χ0) is 18.4. The molecule has 6 heteroatoms. The van der Waals surface area contributed by atoms with Gasteiger partial charge in [0.15, 0.2) is 0 Å². The SMILES string of the molecule is Cc1ccccc1CN1CCN(C(=O)CCNC(=O)c2ccsc2)CC1. The van der Waals surface area contributed by atoms with Crippen molar-refractivity contribution in [1.82, 2.24) is 15.1 Å². The summed E-state index contributed by atoms with van der Waals surface area (Å²) in [7, 11) is 0. The number of hydrogen-bond acceptors (Lipinski definition) is 4. The Morgan fingerprint density at radius 1 is 1.12 bits per heavy atom. The largest absolute Gasteiger partial charge is 0.351 e. The number of hydrogen-bond donors (Lipinski definition) is 1. The van der Waals surface area contributed by atoms with E-state index in [0.29, 0.717) is 18.5 Å². The second-order valence-corrected chi connectivity index (χ2v) is 7.38. The van der Waals surface area contributed by atoms with E-state index in [1.54, 1.807) is 6.07 Å². The molecule has 2 heterocycles. The summed E-state index contributed by atoms with van der Waals surface area (Å²) in [4.78, 5) is 28.5. The van der Waals surface area contributed by atoms with E-state index in [2.05, 4.69) is 41.4 Å². The molecule has 3 rings (SSSR count). The number of amides is 2. The Morgan fingerprint density at radius 2 is 1.88 bits per heavy atom. The van der Waals surface area contributed by atoms with Gasteiger partial charge in [-0.05, 0) is 29.5 Å². The second kappa shape index (κ2) is 8.96. The minimum atomic E-state index is -0.109. The monoisotopic (exact) mass is 371 g/mol. The molecule has 1 fully saturated rings. The van der Waals surface area contributed by atoms with Crippen molar-refractivity contribution in [2.45, 2.75) is 19.9 Å². The Morgan fingerprint density at radius 3 is 2.58 bits per heavy atom. The lowest BCUT2D eigenvalue weighted by Gasteiger charge is -2.35. The zero-order valence-corrected chi connectivity index (χ0v) is 15.9. The van der Waals surface area contributed by atoms with Gasteiger partial charge >= 0.3 is 0 Å². The number of aryl methyl sites for hydroxylation is 1. The summed E-state index contributed by atoms with van der Waals surface area (Å²) in [5, 5.41) is 6.49. The molecule has 2 amide bonds. The molecule has 0 unspecified atom stereocenters. The van der Waals surface area contributed by atoms with Gasteiger partial charge in [0, 0.05) is 56.6 Å². The van der Waals surface area contributed by atoms with Gasteiger partial charge in [-0.25, -0.2) is 0 Å². The Balaban J connectivity index is 1.38. The van der Waals surface area contributed by atoms with Crippen LogP contribution in [-0.2, 0) is 11.3 Å². The molecule has 26 heavy (non-hydrogen) atoms. The smallest absolute Gasteiger partial charge is 0.252 e. The summed E-state index contributed by atoms with van der Waals surface area (Å²) in [6.07, 6.45) is 0.355. The molecule has 138 valence electrons. The minimum Gasteiger partial charge on any atom is -0.351 e. The Bertz CT molecular complexity index is 737. The molecule has 1 aromatic heterocycles. The molecule has 5 nitrogen and oxygen atoms in total. The molecule has 0 aliphatic carbocycles. The fraction of sp³-hybridized carbons (Fsp3) is 0.400. The van der Waals surface area contributed by atoms with Gasteiger partial charge < -0.3 is 10.2 Å². The third-order valence-electron chi connectivity index (χ3n) is 4.79. The van der Waals surface area contributed by atoms with Crippen LogP contribution in [0.1, 0.15) is 27.9 Å². The average Bonchev–Trinajstić information content (AvgIpc) is 3.19. The van der Waals surface area contributed by atoms with Crippen LogP contribution in [0.2, 0.25) is 0 Å². The molecular formula is C20H25N3O2S. The number of carbonyl (C=O) groups is 2. The highest BCUT2D eigenvalue weighted by atomic mass is 32.1. The van der Waals surface area contributed by atoms with E-state index in [0.717, 1.165) is 32.7 Å². The molecular weight excluding hydrogens is 346 g/mol. The Hall–Kier alpha value is -2.18. The van der Waals surface area contributed by atoms with Crippen LogP contribution in [0, 0.1) is 6.92 Å². The van der Waals surface area contributed by atoms with Crippen molar-refractivity contribution < 1.29 is 9.59 Å². The van der Waals surface area contributed by atoms with E-state index < -0.39 is 0 Å². The van der Waals surface area contributed by atoms with E-state index >= 15 is 0 Å². The molecule has 0 bridgehead atoms. The molecule has 0 saturated carbocycles. The Kier molecular flexibility index (Phi) is 6.41.